The molecule has 2 aromatic carbocycles. The van der Waals surface area contributed by atoms with Crippen LogP contribution in [0.15, 0.2) is 64.9 Å². The van der Waals surface area contributed by atoms with E-state index in [1.807, 2.05) is 35.7 Å². The number of thiazole rings is 1. The zero-order chi connectivity index (χ0) is 22.0. The Morgan fingerprint density at radius 3 is 2.32 bits per heavy atom. The molecule has 31 heavy (non-hydrogen) atoms. The van der Waals surface area contributed by atoms with Crippen LogP contribution in [0.1, 0.15) is 30.6 Å². The number of carbonyl (C=O) groups is 1. The quantitative estimate of drug-likeness (QED) is 0.603. The van der Waals surface area contributed by atoms with E-state index in [-0.39, 0.29) is 10.8 Å². The number of benzene rings is 2. The number of carbonyl (C=O) groups excluding carboxylic acids is 1. The van der Waals surface area contributed by atoms with Crippen LogP contribution >= 0.6 is 11.3 Å². The van der Waals surface area contributed by atoms with Crippen LogP contribution in [0.5, 0.6) is 0 Å². The third-order valence-corrected chi connectivity index (χ3v) is 7.99. The van der Waals surface area contributed by atoms with E-state index in [4.69, 9.17) is 0 Å². The van der Waals surface area contributed by atoms with Gasteiger partial charge in [0.1, 0.15) is 0 Å². The van der Waals surface area contributed by atoms with Crippen molar-refractivity contribution in [2.45, 2.75) is 25.2 Å². The summed E-state index contributed by atoms with van der Waals surface area (Å²) in [7, 11) is -3.57. The Hall–Kier alpha value is -2.55. The maximum atomic E-state index is 13.0. The number of hydrogen-bond donors (Lipinski definition) is 1. The first-order valence-electron chi connectivity index (χ1n) is 10.3. The van der Waals surface area contributed by atoms with Gasteiger partial charge < -0.3 is 0 Å². The number of nitrogens with zero attached hydrogens (tertiary/aromatic N) is 2. The summed E-state index contributed by atoms with van der Waals surface area (Å²) in [6, 6.07) is 15.8. The topological polar surface area (TPSA) is 79.4 Å². The van der Waals surface area contributed by atoms with Crippen molar-refractivity contribution in [1.29, 1.82) is 0 Å². The standard InChI is InChI=1S/C23H25N3O3S2/c1-16-12-17(2)14-26(13-16)31(28,29)20-10-8-19(9-11-20)22(27)25-23-24-21(15-30-23)18-6-4-3-5-7-18/h3-11,15-17H,12-14H2,1-2H3,(H,24,25,27)/t16-,17+. The Balaban J connectivity index is 1.45. The monoisotopic (exact) mass is 455 g/mol. The number of aromatic nitrogens is 1. The number of sulfonamides is 1. The minimum atomic E-state index is -3.57. The molecular formula is C23H25N3O3S2. The zero-order valence-electron chi connectivity index (χ0n) is 17.5. The lowest BCUT2D eigenvalue weighted by Gasteiger charge is -2.34. The van der Waals surface area contributed by atoms with Crippen LogP contribution in [0.25, 0.3) is 11.3 Å². The van der Waals surface area contributed by atoms with Crippen molar-refractivity contribution in [1.82, 2.24) is 9.29 Å². The third-order valence-electron chi connectivity index (χ3n) is 5.38. The Bertz CT molecular complexity index is 1150. The van der Waals surface area contributed by atoms with Crippen molar-refractivity contribution in [2.75, 3.05) is 18.4 Å². The molecule has 1 aliphatic heterocycles. The van der Waals surface area contributed by atoms with Crippen molar-refractivity contribution < 1.29 is 13.2 Å². The molecule has 0 unspecified atom stereocenters. The summed E-state index contributed by atoms with van der Waals surface area (Å²) in [5.74, 6) is 0.350. The molecule has 1 aromatic heterocycles. The molecule has 8 heteroatoms. The molecule has 4 rings (SSSR count). The first-order valence-corrected chi connectivity index (χ1v) is 12.6. The molecule has 0 radical (unpaired) electrons. The van der Waals surface area contributed by atoms with Crippen molar-refractivity contribution in [3.05, 3.63) is 65.5 Å². The normalized spacial score (nSPS) is 19.8. The molecule has 0 aliphatic carbocycles. The summed E-state index contributed by atoms with van der Waals surface area (Å²) in [6.45, 7) is 5.21. The molecule has 0 bridgehead atoms. The largest absolute Gasteiger partial charge is 0.298 e. The van der Waals surface area contributed by atoms with Crippen molar-refractivity contribution >= 4 is 32.4 Å². The van der Waals surface area contributed by atoms with Crippen LogP contribution in [0.4, 0.5) is 5.13 Å². The molecule has 2 heterocycles. The van der Waals surface area contributed by atoms with Crippen LogP contribution in [0.3, 0.4) is 0 Å². The molecular weight excluding hydrogens is 430 g/mol. The highest BCUT2D eigenvalue weighted by molar-refractivity contribution is 7.89. The minimum absolute atomic E-state index is 0.214. The van der Waals surface area contributed by atoms with Crippen molar-refractivity contribution in [2.24, 2.45) is 11.8 Å². The van der Waals surface area contributed by atoms with Gasteiger partial charge in [0.05, 0.1) is 10.6 Å². The average Bonchev–Trinajstić information content (AvgIpc) is 3.22. The van der Waals surface area contributed by atoms with Crippen molar-refractivity contribution in [3.8, 4) is 11.3 Å². The fraction of sp³-hybridized carbons (Fsp3) is 0.304. The predicted molar refractivity (Wildman–Crippen MR) is 124 cm³/mol. The Labute approximate surface area is 187 Å². The lowest BCUT2D eigenvalue weighted by molar-refractivity contribution is 0.102. The van der Waals surface area contributed by atoms with Gasteiger partial charge in [-0.05, 0) is 42.5 Å². The molecule has 1 N–H and O–H groups in total. The second kappa shape index (κ2) is 8.90. The van der Waals surface area contributed by atoms with Gasteiger partial charge in [-0.3, -0.25) is 10.1 Å². The second-order valence-electron chi connectivity index (χ2n) is 8.15. The summed E-state index contributed by atoms with van der Waals surface area (Å²) in [5.41, 5.74) is 2.17. The second-order valence-corrected chi connectivity index (χ2v) is 10.9. The van der Waals surface area contributed by atoms with Gasteiger partial charge in [0, 0.05) is 29.6 Å². The van der Waals surface area contributed by atoms with E-state index in [0.717, 1.165) is 17.7 Å². The first-order chi connectivity index (χ1) is 14.8. The highest BCUT2D eigenvalue weighted by atomic mass is 32.2. The van der Waals surface area contributed by atoms with E-state index in [2.05, 4.69) is 24.1 Å². The van der Waals surface area contributed by atoms with Crippen LogP contribution in [0, 0.1) is 11.8 Å². The predicted octanol–water partition coefficient (Wildman–Crippen LogP) is 4.73. The van der Waals surface area contributed by atoms with Gasteiger partial charge >= 0.3 is 0 Å². The molecule has 2 atom stereocenters. The van der Waals surface area contributed by atoms with E-state index in [9.17, 15) is 13.2 Å². The Morgan fingerprint density at radius 1 is 1.03 bits per heavy atom. The Kier molecular flexibility index (Phi) is 6.22. The number of amides is 1. The fourth-order valence-corrected chi connectivity index (χ4v) is 6.37. The first kappa shape index (κ1) is 21.7. The molecule has 1 amide bonds. The summed E-state index contributed by atoms with van der Waals surface area (Å²) in [6.07, 6.45) is 1.04. The van der Waals surface area contributed by atoms with E-state index in [0.29, 0.717) is 35.6 Å². The van der Waals surface area contributed by atoms with E-state index in [1.54, 1.807) is 16.4 Å². The summed E-state index contributed by atoms with van der Waals surface area (Å²) >= 11 is 1.35. The van der Waals surface area contributed by atoms with Crippen LogP contribution in [0.2, 0.25) is 0 Å². The Morgan fingerprint density at radius 2 is 1.68 bits per heavy atom. The molecule has 3 aromatic rings. The number of nitrogens with one attached hydrogen (secondary N) is 1. The zero-order valence-corrected chi connectivity index (χ0v) is 19.1. The van der Waals surface area contributed by atoms with Gasteiger partial charge in [-0.25, -0.2) is 13.4 Å². The van der Waals surface area contributed by atoms with Crippen LogP contribution in [-0.2, 0) is 10.0 Å². The van der Waals surface area contributed by atoms with Crippen molar-refractivity contribution in [3.63, 3.8) is 0 Å². The minimum Gasteiger partial charge on any atom is -0.298 e. The van der Waals surface area contributed by atoms with Crippen LogP contribution < -0.4 is 5.32 Å². The lowest BCUT2D eigenvalue weighted by Crippen LogP contribution is -2.42. The van der Waals surface area contributed by atoms with E-state index >= 15 is 0 Å². The van der Waals surface area contributed by atoms with Crippen LogP contribution in [-0.4, -0.2) is 36.7 Å². The summed E-state index contributed by atoms with van der Waals surface area (Å²) < 4.78 is 27.6. The number of anilines is 1. The van der Waals surface area contributed by atoms with E-state index < -0.39 is 10.0 Å². The molecule has 0 saturated carbocycles. The van der Waals surface area contributed by atoms with Gasteiger partial charge in [0.2, 0.25) is 10.0 Å². The van der Waals surface area contributed by atoms with Gasteiger partial charge in [-0.2, -0.15) is 4.31 Å². The van der Waals surface area contributed by atoms with Gasteiger partial charge in [-0.1, -0.05) is 44.2 Å². The molecule has 1 saturated heterocycles. The van der Waals surface area contributed by atoms with Gasteiger partial charge in [-0.15, -0.1) is 11.3 Å². The molecule has 1 fully saturated rings. The van der Waals surface area contributed by atoms with E-state index in [1.165, 1.54) is 23.5 Å². The highest BCUT2D eigenvalue weighted by Gasteiger charge is 2.31. The number of piperidine rings is 1. The molecule has 0 spiro atoms. The SMILES string of the molecule is C[C@@H]1C[C@H](C)CN(S(=O)(=O)c2ccc(C(=O)Nc3nc(-c4ccccc4)cs3)cc2)C1. The fourth-order valence-electron chi connectivity index (χ4n) is 3.97. The third kappa shape index (κ3) is 4.87. The molecule has 162 valence electrons. The summed E-state index contributed by atoms with van der Waals surface area (Å²) in [4.78, 5) is 17.3. The van der Waals surface area contributed by atoms with Gasteiger partial charge in [0.25, 0.3) is 5.91 Å². The highest BCUT2D eigenvalue weighted by Crippen LogP contribution is 2.27. The number of rotatable bonds is 5. The number of hydrogen-bond acceptors (Lipinski definition) is 5. The maximum Gasteiger partial charge on any atom is 0.257 e. The molecule has 1 aliphatic rings. The van der Waals surface area contributed by atoms with Gasteiger partial charge in [0.15, 0.2) is 5.13 Å². The smallest absolute Gasteiger partial charge is 0.257 e. The maximum absolute atomic E-state index is 13.0. The lowest BCUT2D eigenvalue weighted by atomic mass is 9.94. The average molecular weight is 456 g/mol. The molecule has 6 nitrogen and oxygen atoms in total. The summed E-state index contributed by atoms with van der Waals surface area (Å²) in [5, 5.41) is 5.18.